The van der Waals surface area contributed by atoms with Crippen molar-refractivity contribution in [1.29, 1.82) is 0 Å². The number of hydrogen-bond acceptors (Lipinski definition) is 6. The summed E-state index contributed by atoms with van der Waals surface area (Å²) in [5.41, 5.74) is 0.849. The number of carbonyl (C=O) groups excluding carboxylic acids is 1. The summed E-state index contributed by atoms with van der Waals surface area (Å²) in [4.78, 5) is 13.9. The Morgan fingerprint density at radius 3 is 2.38 bits per heavy atom. The van der Waals surface area contributed by atoms with E-state index in [9.17, 15) is 13.2 Å². The van der Waals surface area contributed by atoms with Crippen LogP contribution in [0.4, 0.5) is 0 Å². The van der Waals surface area contributed by atoms with E-state index in [0.29, 0.717) is 18.0 Å². The van der Waals surface area contributed by atoms with Gasteiger partial charge in [0.2, 0.25) is 5.91 Å². The van der Waals surface area contributed by atoms with Gasteiger partial charge in [-0.25, -0.2) is 8.42 Å². The predicted octanol–water partition coefficient (Wildman–Crippen LogP) is 2.04. The van der Waals surface area contributed by atoms with E-state index >= 15 is 0 Å². The van der Waals surface area contributed by atoms with Crippen LogP contribution in [0.2, 0.25) is 0 Å². The maximum Gasteiger partial charge on any atom is 0.252 e. The average Bonchev–Trinajstić information content (AvgIpc) is 3.16. The van der Waals surface area contributed by atoms with Crippen molar-refractivity contribution in [2.45, 2.75) is 10.8 Å². The minimum atomic E-state index is -3.65. The van der Waals surface area contributed by atoms with E-state index in [4.69, 9.17) is 9.47 Å². The summed E-state index contributed by atoms with van der Waals surface area (Å²) in [6.07, 6.45) is 0. The lowest BCUT2D eigenvalue weighted by atomic mass is 10.2. The van der Waals surface area contributed by atoms with Crippen molar-refractivity contribution in [2.24, 2.45) is 0 Å². The molecule has 1 amide bonds. The SMILES string of the molecule is COc1ccc(CN(C)C(=O)CN(C)S(=O)(=O)c2cccs2)cc1OC. The molecule has 9 heteroatoms. The lowest BCUT2D eigenvalue weighted by Gasteiger charge is -2.22. The Labute approximate surface area is 157 Å². The summed E-state index contributed by atoms with van der Waals surface area (Å²) >= 11 is 1.12. The highest BCUT2D eigenvalue weighted by molar-refractivity contribution is 7.91. The van der Waals surface area contributed by atoms with Crippen molar-refractivity contribution in [3.8, 4) is 11.5 Å². The van der Waals surface area contributed by atoms with Crippen LogP contribution in [0.3, 0.4) is 0 Å². The van der Waals surface area contributed by atoms with Gasteiger partial charge in [-0.05, 0) is 29.1 Å². The van der Waals surface area contributed by atoms with Gasteiger partial charge in [0.1, 0.15) is 4.21 Å². The monoisotopic (exact) mass is 398 g/mol. The van der Waals surface area contributed by atoms with Gasteiger partial charge < -0.3 is 14.4 Å². The Morgan fingerprint density at radius 1 is 1.12 bits per heavy atom. The molecule has 0 bridgehead atoms. The fourth-order valence-electron chi connectivity index (χ4n) is 2.30. The third-order valence-corrected chi connectivity index (χ3v) is 6.99. The van der Waals surface area contributed by atoms with E-state index in [0.717, 1.165) is 21.2 Å². The largest absolute Gasteiger partial charge is 0.493 e. The van der Waals surface area contributed by atoms with Crippen molar-refractivity contribution in [1.82, 2.24) is 9.21 Å². The summed E-state index contributed by atoms with van der Waals surface area (Å²) in [5.74, 6) is 0.873. The Morgan fingerprint density at radius 2 is 1.81 bits per heavy atom. The lowest BCUT2D eigenvalue weighted by Crippen LogP contribution is -2.38. The molecule has 26 heavy (non-hydrogen) atoms. The molecule has 0 unspecified atom stereocenters. The van der Waals surface area contributed by atoms with Crippen LogP contribution in [-0.2, 0) is 21.4 Å². The van der Waals surface area contributed by atoms with Crippen molar-refractivity contribution >= 4 is 27.3 Å². The van der Waals surface area contributed by atoms with Gasteiger partial charge in [-0.15, -0.1) is 11.3 Å². The van der Waals surface area contributed by atoms with E-state index in [1.54, 1.807) is 44.8 Å². The zero-order valence-electron chi connectivity index (χ0n) is 15.1. The normalized spacial score (nSPS) is 11.4. The summed E-state index contributed by atoms with van der Waals surface area (Å²) in [7, 11) is 2.48. The highest BCUT2D eigenvalue weighted by atomic mass is 32.2. The third-order valence-electron chi connectivity index (χ3n) is 3.81. The van der Waals surface area contributed by atoms with Gasteiger partial charge in [0, 0.05) is 20.6 Å². The second-order valence-electron chi connectivity index (χ2n) is 5.63. The van der Waals surface area contributed by atoms with Crippen LogP contribution in [0.5, 0.6) is 11.5 Å². The van der Waals surface area contributed by atoms with Crippen LogP contribution in [0.1, 0.15) is 5.56 Å². The maximum atomic E-state index is 12.4. The number of nitrogens with zero attached hydrogens (tertiary/aromatic N) is 2. The number of carbonyl (C=O) groups is 1. The highest BCUT2D eigenvalue weighted by Crippen LogP contribution is 2.28. The number of hydrogen-bond donors (Lipinski definition) is 0. The minimum absolute atomic E-state index is 0.218. The van der Waals surface area contributed by atoms with E-state index < -0.39 is 10.0 Å². The van der Waals surface area contributed by atoms with Crippen molar-refractivity contribution in [2.75, 3.05) is 34.9 Å². The molecule has 1 aromatic carbocycles. The first kappa shape index (κ1) is 20.2. The van der Waals surface area contributed by atoms with E-state index in [1.165, 1.54) is 18.0 Å². The molecule has 0 saturated carbocycles. The fraction of sp³-hybridized carbons (Fsp3) is 0.353. The summed E-state index contributed by atoms with van der Waals surface area (Å²) in [5, 5.41) is 1.69. The van der Waals surface area contributed by atoms with Crippen molar-refractivity contribution < 1.29 is 22.7 Å². The highest BCUT2D eigenvalue weighted by Gasteiger charge is 2.25. The third kappa shape index (κ3) is 4.54. The van der Waals surface area contributed by atoms with E-state index in [2.05, 4.69) is 0 Å². The van der Waals surface area contributed by atoms with E-state index in [1.807, 2.05) is 6.07 Å². The number of methoxy groups -OCH3 is 2. The molecule has 0 saturated heterocycles. The van der Waals surface area contributed by atoms with Gasteiger partial charge in [0.05, 0.1) is 20.8 Å². The molecular formula is C17H22N2O5S2. The molecule has 7 nitrogen and oxygen atoms in total. The van der Waals surface area contributed by atoms with Crippen LogP contribution in [0.25, 0.3) is 0 Å². The number of sulfonamides is 1. The standard InChI is InChI=1S/C17H22N2O5S2/c1-18(11-13-7-8-14(23-3)15(10-13)24-4)16(20)12-19(2)26(21,22)17-6-5-9-25-17/h5-10H,11-12H2,1-4H3. The topological polar surface area (TPSA) is 76.2 Å². The van der Waals surface area contributed by atoms with Gasteiger partial charge in [-0.3, -0.25) is 4.79 Å². The second kappa shape index (κ2) is 8.52. The molecule has 2 aromatic rings. The van der Waals surface area contributed by atoms with Gasteiger partial charge in [0.25, 0.3) is 10.0 Å². The molecule has 0 aliphatic carbocycles. The van der Waals surface area contributed by atoms with Crippen LogP contribution in [0.15, 0.2) is 39.9 Å². The Bertz CT molecular complexity index is 850. The van der Waals surface area contributed by atoms with Crippen LogP contribution < -0.4 is 9.47 Å². The Hall–Kier alpha value is -2.10. The van der Waals surface area contributed by atoms with Gasteiger partial charge in [-0.1, -0.05) is 12.1 Å². The minimum Gasteiger partial charge on any atom is -0.493 e. The smallest absolute Gasteiger partial charge is 0.252 e. The molecule has 0 fully saturated rings. The number of thiophene rings is 1. The lowest BCUT2D eigenvalue weighted by molar-refractivity contribution is -0.130. The van der Waals surface area contributed by atoms with Gasteiger partial charge >= 0.3 is 0 Å². The number of rotatable bonds is 8. The molecule has 1 aromatic heterocycles. The van der Waals surface area contributed by atoms with Crippen LogP contribution >= 0.6 is 11.3 Å². The van der Waals surface area contributed by atoms with Crippen molar-refractivity contribution in [3.05, 3.63) is 41.3 Å². The molecule has 0 aliphatic rings. The Balaban J connectivity index is 2.04. The zero-order chi connectivity index (χ0) is 19.3. The first-order valence-electron chi connectivity index (χ1n) is 7.74. The molecule has 0 atom stereocenters. The first-order valence-corrected chi connectivity index (χ1v) is 10.1. The summed E-state index contributed by atoms with van der Waals surface area (Å²) in [6, 6.07) is 8.57. The van der Waals surface area contributed by atoms with Crippen LogP contribution in [0, 0.1) is 0 Å². The average molecular weight is 399 g/mol. The quantitative estimate of drug-likeness (QED) is 0.680. The van der Waals surface area contributed by atoms with Crippen LogP contribution in [-0.4, -0.2) is 58.4 Å². The van der Waals surface area contributed by atoms with Crippen molar-refractivity contribution in [3.63, 3.8) is 0 Å². The molecule has 0 aliphatic heterocycles. The number of ether oxygens (including phenoxy) is 2. The molecule has 0 spiro atoms. The molecule has 1 heterocycles. The number of likely N-dealkylation sites (N-methyl/N-ethyl adjacent to an activating group) is 2. The zero-order valence-corrected chi connectivity index (χ0v) is 16.8. The molecule has 0 N–H and O–H groups in total. The maximum absolute atomic E-state index is 12.4. The predicted molar refractivity (Wildman–Crippen MR) is 100 cm³/mol. The Kier molecular flexibility index (Phi) is 6.63. The summed E-state index contributed by atoms with van der Waals surface area (Å²) in [6.45, 7) is 0.0934. The molecular weight excluding hydrogens is 376 g/mol. The summed E-state index contributed by atoms with van der Waals surface area (Å²) < 4.78 is 36.5. The second-order valence-corrected chi connectivity index (χ2v) is 8.85. The molecule has 0 radical (unpaired) electrons. The van der Waals surface area contributed by atoms with E-state index in [-0.39, 0.29) is 16.7 Å². The number of amides is 1. The first-order chi connectivity index (χ1) is 12.3. The number of benzene rings is 1. The molecule has 2 rings (SSSR count). The fourth-order valence-corrected chi connectivity index (χ4v) is 4.62. The molecule has 142 valence electrons. The van der Waals surface area contributed by atoms with Gasteiger partial charge in [0.15, 0.2) is 11.5 Å². The van der Waals surface area contributed by atoms with Gasteiger partial charge in [-0.2, -0.15) is 4.31 Å².